The van der Waals surface area contributed by atoms with Crippen LogP contribution in [-0.4, -0.2) is 28.6 Å². The number of halogens is 1. The van der Waals surface area contributed by atoms with Crippen LogP contribution in [0.2, 0.25) is 0 Å². The zero-order valence-corrected chi connectivity index (χ0v) is 14.3. The first-order valence-corrected chi connectivity index (χ1v) is 9.12. The van der Waals surface area contributed by atoms with E-state index in [1.165, 1.54) is 28.7 Å². The lowest BCUT2D eigenvalue weighted by atomic mass is 9.86. The molecule has 1 aromatic carbocycles. The molecule has 2 amide bonds. The van der Waals surface area contributed by atoms with Gasteiger partial charge in [-0.05, 0) is 25.0 Å². The van der Waals surface area contributed by atoms with Crippen LogP contribution in [-0.2, 0) is 9.59 Å². The van der Waals surface area contributed by atoms with Crippen LogP contribution in [0, 0.1) is 11.7 Å². The van der Waals surface area contributed by atoms with Gasteiger partial charge >= 0.3 is 0 Å². The molecular formula is C17H17FN4O2S. The number of hydrogen-bond donors (Lipinski definition) is 1. The molecule has 0 radical (unpaired) electrons. The van der Waals surface area contributed by atoms with E-state index in [0.29, 0.717) is 11.0 Å². The quantitative estimate of drug-likeness (QED) is 0.910. The van der Waals surface area contributed by atoms with Crippen molar-refractivity contribution in [3.63, 3.8) is 0 Å². The Morgan fingerprint density at radius 3 is 2.80 bits per heavy atom. The normalized spacial score (nSPS) is 20.6. The molecule has 130 valence electrons. The Bertz CT molecular complexity index is 820. The first kappa shape index (κ1) is 16.1. The molecule has 1 saturated heterocycles. The van der Waals surface area contributed by atoms with E-state index in [-0.39, 0.29) is 30.5 Å². The van der Waals surface area contributed by atoms with Crippen molar-refractivity contribution in [3.8, 4) is 0 Å². The van der Waals surface area contributed by atoms with Crippen molar-refractivity contribution in [2.45, 2.75) is 31.6 Å². The molecule has 2 fully saturated rings. The van der Waals surface area contributed by atoms with Crippen LogP contribution in [0.25, 0.3) is 0 Å². The maximum atomic E-state index is 13.9. The molecule has 1 saturated carbocycles. The fraction of sp³-hybridized carbons (Fsp3) is 0.412. The first-order chi connectivity index (χ1) is 12.1. The summed E-state index contributed by atoms with van der Waals surface area (Å²) in [6.45, 7) is 0.167. The van der Waals surface area contributed by atoms with Gasteiger partial charge in [0.1, 0.15) is 10.8 Å². The van der Waals surface area contributed by atoms with Gasteiger partial charge in [-0.3, -0.25) is 9.59 Å². The van der Waals surface area contributed by atoms with Crippen molar-refractivity contribution in [1.29, 1.82) is 0 Å². The summed E-state index contributed by atoms with van der Waals surface area (Å²) in [5, 5.41) is 12.3. The molecule has 1 aliphatic heterocycles. The van der Waals surface area contributed by atoms with Gasteiger partial charge < -0.3 is 10.2 Å². The van der Waals surface area contributed by atoms with Gasteiger partial charge in [0.25, 0.3) is 0 Å². The van der Waals surface area contributed by atoms with Crippen molar-refractivity contribution >= 4 is 34.0 Å². The molecule has 2 aliphatic rings. The Hall–Kier alpha value is -2.35. The van der Waals surface area contributed by atoms with Gasteiger partial charge in [-0.25, -0.2) is 4.39 Å². The average molecular weight is 360 g/mol. The zero-order chi connectivity index (χ0) is 17.4. The summed E-state index contributed by atoms with van der Waals surface area (Å²) in [6.07, 6.45) is 3.52. The van der Waals surface area contributed by atoms with Crippen LogP contribution in [0.3, 0.4) is 0 Å². The number of carbonyl (C=O) groups is 2. The van der Waals surface area contributed by atoms with Crippen LogP contribution in [0.5, 0.6) is 0 Å². The summed E-state index contributed by atoms with van der Waals surface area (Å²) in [5.74, 6) is -1.05. The maximum absolute atomic E-state index is 13.9. The van der Waals surface area contributed by atoms with E-state index >= 15 is 0 Å². The van der Waals surface area contributed by atoms with Crippen molar-refractivity contribution in [3.05, 3.63) is 35.1 Å². The van der Waals surface area contributed by atoms with E-state index in [1.807, 2.05) is 0 Å². The highest BCUT2D eigenvalue weighted by atomic mass is 32.1. The van der Waals surface area contributed by atoms with E-state index in [0.717, 1.165) is 17.8 Å². The number of nitrogens with one attached hydrogen (secondary N) is 1. The van der Waals surface area contributed by atoms with Gasteiger partial charge in [0.05, 0.1) is 11.6 Å². The molecule has 8 heteroatoms. The summed E-state index contributed by atoms with van der Waals surface area (Å²) >= 11 is 1.39. The molecule has 25 heavy (non-hydrogen) atoms. The number of para-hydroxylation sites is 1. The lowest BCUT2D eigenvalue weighted by Crippen LogP contribution is -2.28. The number of anilines is 2. The number of aromatic nitrogens is 2. The van der Waals surface area contributed by atoms with Crippen molar-refractivity contribution in [1.82, 2.24) is 10.2 Å². The van der Waals surface area contributed by atoms with Crippen molar-refractivity contribution in [2.24, 2.45) is 5.92 Å². The Kier molecular flexibility index (Phi) is 4.20. The summed E-state index contributed by atoms with van der Waals surface area (Å²) in [6, 6.07) is 6.09. The van der Waals surface area contributed by atoms with E-state index in [4.69, 9.17) is 0 Å². The number of amides is 2. The lowest BCUT2D eigenvalue weighted by Gasteiger charge is -2.21. The highest BCUT2D eigenvalue weighted by Gasteiger charge is 2.36. The van der Waals surface area contributed by atoms with Crippen LogP contribution in [0.1, 0.15) is 36.6 Å². The van der Waals surface area contributed by atoms with Crippen LogP contribution >= 0.6 is 11.3 Å². The van der Waals surface area contributed by atoms with Crippen LogP contribution in [0.15, 0.2) is 24.3 Å². The van der Waals surface area contributed by atoms with E-state index in [2.05, 4.69) is 15.5 Å². The molecule has 0 bridgehead atoms. The van der Waals surface area contributed by atoms with Gasteiger partial charge in [-0.1, -0.05) is 29.9 Å². The highest BCUT2D eigenvalue weighted by molar-refractivity contribution is 7.15. The van der Waals surface area contributed by atoms with Crippen LogP contribution < -0.4 is 10.2 Å². The number of carbonyl (C=O) groups excluding carboxylic acids is 2. The minimum absolute atomic E-state index is 0.0639. The smallest absolute Gasteiger partial charge is 0.231 e. The molecule has 1 atom stereocenters. The summed E-state index contributed by atoms with van der Waals surface area (Å²) < 4.78 is 13.9. The Morgan fingerprint density at radius 1 is 1.28 bits per heavy atom. The third kappa shape index (κ3) is 3.13. The maximum Gasteiger partial charge on any atom is 0.231 e. The minimum Gasteiger partial charge on any atom is -0.309 e. The number of hydrogen-bond acceptors (Lipinski definition) is 5. The average Bonchev–Trinajstić information content (AvgIpc) is 3.13. The Morgan fingerprint density at radius 2 is 2.08 bits per heavy atom. The molecule has 2 heterocycles. The second kappa shape index (κ2) is 6.51. The predicted octanol–water partition coefficient (Wildman–Crippen LogP) is 2.94. The largest absolute Gasteiger partial charge is 0.309 e. The molecule has 0 spiro atoms. The fourth-order valence-electron chi connectivity index (χ4n) is 3.10. The van der Waals surface area contributed by atoms with Gasteiger partial charge in [0.2, 0.25) is 16.9 Å². The van der Waals surface area contributed by atoms with Gasteiger partial charge in [0.15, 0.2) is 0 Å². The number of nitrogens with zero attached hydrogens (tertiary/aromatic N) is 3. The molecule has 2 aromatic rings. The fourth-order valence-corrected chi connectivity index (χ4v) is 4.01. The monoisotopic (exact) mass is 360 g/mol. The van der Waals surface area contributed by atoms with Gasteiger partial charge in [-0.2, -0.15) is 0 Å². The van der Waals surface area contributed by atoms with E-state index in [1.54, 1.807) is 18.2 Å². The third-order valence-electron chi connectivity index (χ3n) is 4.76. The highest BCUT2D eigenvalue weighted by Crippen LogP contribution is 2.38. The van der Waals surface area contributed by atoms with Crippen LogP contribution in [0.4, 0.5) is 15.2 Å². The van der Waals surface area contributed by atoms with Gasteiger partial charge in [-0.15, -0.1) is 10.2 Å². The minimum atomic E-state index is -0.525. The summed E-state index contributed by atoms with van der Waals surface area (Å²) in [7, 11) is 0. The molecule has 1 aromatic heterocycles. The molecular weight excluding hydrogens is 343 g/mol. The second-order valence-corrected chi connectivity index (χ2v) is 7.43. The molecule has 0 unspecified atom stereocenters. The molecule has 1 aliphatic carbocycles. The second-order valence-electron chi connectivity index (χ2n) is 6.42. The predicted molar refractivity (Wildman–Crippen MR) is 92.0 cm³/mol. The summed E-state index contributed by atoms with van der Waals surface area (Å²) in [4.78, 5) is 26.0. The molecule has 6 nitrogen and oxygen atoms in total. The standard InChI is InChI=1S/C17H17FN4O2S/c18-12-6-1-2-7-13(12)22-9-11(8-14(22)23)15(24)19-17-21-20-16(25-17)10-4-3-5-10/h1-2,6-7,10-11H,3-5,8-9H2,(H,19,21,24)/t11-/m1/s1. The number of benzene rings is 1. The topological polar surface area (TPSA) is 75.2 Å². The van der Waals surface area contributed by atoms with E-state index in [9.17, 15) is 14.0 Å². The SMILES string of the molecule is O=C(Nc1nnc(C2CCC2)s1)[C@@H]1CC(=O)N(c2ccccc2F)C1. The van der Waals surface area contributed by atoms with Crippen molar-refractivity contribution in [2.75, 3.05) is 16.8 Å². The third-order valence-corrected chi connectivity index (χ3v) is 5.77. The number of rotatable bonds is 4. The molecule has 4 rings (SSSR count). The lowest BCUT2D eigenvalue weighted by molar-refractivity contribution is -0.122. The zero-order valence-electron chi connectivity index (χ0n) is 13.4. The summed E-state index contributed by atoms with van der Waals surface area (Å²) in [5.41, 5.74) is 0.214. The molecule has 1 N–H and O–H groups in total. The van der Waals surface area contributed by atoms with Gasteiger partial charge in [0, 0.05) is 18.9 Å². The first-order valence-electron chi connectivity index (χ1n) is 8.31. The Labute approximate surface area is 148 Å². The Balaban J connectivity index is 1.42. The van der Waals surface area contributed by atoms with E-state index < -0.39 is 11.7 Å². The van der Waals surface area contributed by atoms with Crippen molar-refractivity contribution < 1.29 is 14.0 Å².